The van der Waals surface area contributed by atoms with Crippen LogP contribution >= 0.6 is 11.6 Å². The van der Waals surface area contributed by atoms with Crippen molar-refractivity contribution in [3.05, 3.63) is 58.7 Å². The van der Waals surface area contributed by atoms with Crippen LogP contribution in [0.3, 0.4) is 0 Å². The van der Waals surface area contributed by atoms with E-state index in [1.165, 1.54) is 12.1 Å². The summed E-state index contributed by atoms with van der Waals surface area (Å²) in [6.07, 6.45) is 2.59. The summed E-state index contributed by atoms with van der Waals surface area (Å²) in [6, 6.07) is 10.2. The van der Waals surface area contributed by atoms with Crippen molar-refractivity contribution in [2.75, 3.05) is 13.7 Å². The normalized spacial score (nSPS) is 10.8. The quantitative estimate of drug-likeness (QED) is 0.663. The minimum atomic E-state index is -0.332. The minimum Gasteiger partial charge on any atom is -0.507 e. The molecule has 1 aromatic heterocycles. The SMILES string of the molecule is COc1ccc2[nH]cc(CCNC(=O)c3ccc(Cl)cc3O)c2c1. The number of aromatic nitrogens is 1. The lowest BCUT2D eigenvalue weighted by Gasteiger charge is -2.07. The summed E-state index contributed by atoms with van der Waals surface area (Å²) >= 11 is 5.77. The number of methoxy groups -OCH3 is 1. The molecule has 0 atom stereocenters. The van der Waals surface area contributed by atoms with Crippen LogP contribution in [-0.4, -0.2) is 29.7 Å². The summed E-state index contributed by atoms with van der Waals surface area (Å²) in [4.78, 5) is 15.3. The van der Waals surface area contributed by atoms with Gasteiger partial charge in [0.2, 0.25) is 0 Å². The fourth-order valence-corrected chi connectivity index (χ4v) is 2.76. The van der Waals surface area contributed by atoms with Gasteiger partial charge in [0, 0.05) is 28.7 Å². The van der Waals surface area contributed by atoms with E-state index in [0.29, 0.717) is 18.0 Å². The van der Waals surface area contributed by atoms with Gasteiger partial charge in [-0.3, -0.25) is 4.79 Å². The zero-order valence-electron chi connectivity index (χ0n) is 13.1. The molecule has 3 rings (SSSR count). The van der Waals surface area contributed by atoms with E-state index in [-0.39, 0.29) is 17.2 Å². The third-order valence-electron chi connectivity index (χ3n) is 3.86. The van der Waals surface area contributed by atoms with Crippen LogP contribution in [0.4, 0.5) is 0 Å². The fourth-order valence-electron chi connectivity index (χ4n) is 2.59. The second-order valence-electron chi connectivity index (χ2n) is 5.39. The third kappa shape index (κ3) is 3.31. The molecule has 124 valence electrons. The number of benzene rings is 2. The maximum atomic E-state index is 12.1. The topological polar surface area (TPSA) is 74.3 Å². The van der Waals surface area contributed by atoms with Crippen molar-refractivity contribution in [1.29, 1.82) is 0 Å². The van der Waals surface area contributed by atoms with E-state index in [2.05, 4.69) is 10.3 Å². The number of phenols is 1. The number of ether oxygens (including phenoxy) is 1. The molecule has 0 spiro atoms. The molecule has 3 aromatic rings. The maximum absolute atomic E-state index is 12.1. The number of hydrogen-bond acceptors (Lipinski definition) is 3. The number of carbonyl (C=O) groups is 1. The minimum absolute atomic E-state index is 0.128. The van der Waals surface area contributed by atoms with Crippen LogP contribution in [0.2, 0.25) is 5.02 Å². The number of nitrogens with one attached hydrogen (secondary N) is 2. The second-order valence-corrected chi connectivity index (χ2v) is 5.83. The van der Waals surface area contributed by atoms with E-state index in [9.17, 15) is 9.90 Å². The van der Waals surface area contributed by atoms with Crippen molar-refractivity contribution in [3.63, 3.8) is 0 Å². The molecule has 0 aliphatic rings. The van der Waals surface area contributed by atoms with Crippen molar-refractivity contribution in [1.82, 2.24) is 10.3 Å². The highest BCUT2D eigenvalue weighted by molar-refractivity contribution is 6.30. The van der Waals surface area contributed by atoms with Crippen LogP contribution in [-0.2, 0) is 6.42 Å². The van der Waals surface area contributed by atoms with E-state index >= 15 is 0 Å². The molecule has 1 heterocycles. The zero-order valence-corrected chi connectivity index (χ0v) is 13.9. The molecule has 2 aromatic carbocycles. The Hall–Kier alpha value is -2.66. The lowest BCUT2D eigenvalue weighted by Crippen LogP contribution is -2.25. The van der Waals surface area contributed by atoms with Gasteiger partial charge in [0.25, 0.3) is 5.91 Å². The first-order chi connectivity index (χ1) is 11.6. The summed E-state index contributed by atoms with van der Waals surface area (Å²) < 4.78 is 5.25. The third-order valence-corrected chi connectivity index (χ3v) is 4.09. The molecule has 0 fully saturated rings. The largest absolute Gasteiger partial charge is 0.507 e. The fraction of sp³-hybridized carbons (Fsp3) is 0.167. The van der Waals surface area contributed by atoms with Gasteiger partial charge in [-0.1, -0.05) is 11.6 Å². The Morgan fingerprint density at radius 1 is 1.29 bits per heavy atom. The number of fused-ring (bicyclic) bond motifs is 1. The summed E-state index contributed by atoms with van der Waals surface area (Å²) in [5, 5.41) is 14.0. The molecule has 0 radical (unpaired) electrons. The molecular weight excluding hydrogens is 328 g/mol. The molecule has 6 heteroatoms. The van der Waals surface area contributed by atoms with Crippen LogP contribution in [0, 0.1) is 0 Å². The standard InChI is InChI=1S/C18H17ClN2O3/c1-24-13-3-5-16-15(9-13)11(10-21-16)6-7-20-18(23)14-4-2-12(19)8-17(14)22/h2-5,8-10,21-22H,6-7H2,1H3,(H,20,23). The predicted molar refractivity (Wildman–Crippen MR) is 94.0 cm³/mol. The van der Waals surface area contributed by atoms with E-state index in [0.717, 1.165) is 22.2 Å². The first-order valence-corrected chi connectivity index (χ1v) is 7.87. The maximum Gasteiger partial charge on any atom is 0.255 e. The molecule has 5 nitrogen and oxygen atoms in total. The van der Waals surface area contributed by atoms with Gasteiger partial charge >= 0.3 is 0 Å². The lowest BCUT2D eigenvalue weighted by atomic mass is 10.1. The number of hydrogen-bond donors (Lipinski definition) is 3. The number of halogens is 1. The van der Waals surface area contributed by atoms with Crippen molar-refractivity contribution in [2.45, 2.75) is 6.42 Å². The van der Waals surface area contributed by atoms with Crippen LogP contribution in [0.1, 0.15) is 15.9 Å². The van der Waals surface area contributed by atoms with Gasteiger partial charge in [-0.05, 0) is 48.4 Å². The first-order valence-electron chi connectivity index (χ1n) is 7.49. The number of carbonyl (C=O) groups excluding carboxylic acids is 1. The molecule has 24 heavy (non-hydrogen) atoms. The second kappa shape index (κ2) is 6.84. The molecule has 3 N–H and O–H groups in total. The van der Waals surface area contributed by atoms with E-state index in [1.807, 2.05) is 24.4 Å². The van der Waals surface area contributed by atoms with Gasteiger partial charge in [-0.2, -0.15) is 0 Å². The summed E-state index contributed by atoms with van der Waals surface area (Å²) in [6.45, 7) is 0.449. The molecule has 0 aliphatic heterocycles. The molecule has 0 bridgehead atoms. The number of amides is 1. The Morgan fingerprint density at radius 2 is 2.12 bits per heavy atom. The van der Waals surface area contributed by atoms with Crippen molar-refractivity contribution >= 4 is 28.4 Å². The Kier molecular flexibility index (Phi) is 4.62. The monoisotopic (exact) mass is 344 g/mol. The predicted octanol–water partition coefficient (Wildman–Crippen LogP) is 3.51. The summed E-state index contributed by atoms with van der Waals surface area (Å²) in [7, 11) is 1.63. The van der Waals surface area contributed by atoms with Gasteiger partial charge in [0.05, 0.1) is 12.7 Å². The van der Waals surface area contributed by atoms with E-state index in [1.54, 1.807) is 13.2 Å². The average Bonchev–Trinajstić information content (AvgIpc) is 2.97. The number of aromatic hydroxyl groups is 1. The van der Waals surface area contributed by atoms with Gasteiger partial charge in [-0.15, -0.1) is 0 Å². The summed E-state index contributed by atoms with van der Waals surface area (Å²) in [5.74, 6) is 0.330. The summed E-state index contributed by atoms with van der Waals surface area (Å²) in [5.41, 5.74) is 2.32. The van der Waals surface area contributed by atoms with Crippen LogP contribution in [0.5, 0.6) is 11.5 Å². The number of aromatic amines is 1. The Bertz CT molecular complexity index is 889. The van der Waals surface area contributed by atoms with Gasteiger partial charge < -0.3 is 20.1 Å². The Labute approximate surface area is 144 Å². The van der Waals surface area contributed by atoms with Crippen molar-refractivity contribution in [2.24, 2.45) is 0 Å². The first kappa shape index (κ1) is 16.2. The molecule has 0 saturated carbocycles. The van der Waals surface area contributed by atoms with Gasteiger partial charge in [0.15, 0.2) is 0 Å². The molecule has 0 unspecified atom stereocenters. The van der Waals surface area contributed by atoms with Crippen LogP contribution < -0.4 is 10.1 Å². The molecule has 0 saturated heterocycles. The number of phenolic OH excluding ortho intramolecular Hbond substituents is 1. The highest BCUT2D eigenvalue weighted by Gasteiger charge is 2.11. The molecule has 0 aliphatic carbocycles. The lowest BCUT2D eigenvalue weighted by molar-refractivity contribution is 0.0951. The zero-order chi connectivity index (χ0) is 17.1. The molecular formula is C18H17ClN2O3. The van der Waals surface area contributed by atoms with Gasteiger partial charge in [0.1, 0.15) is 11.5 Å². The highest BCUT2D eigenvalue weighted by atomic mass is 35.5. The van der Waals surface area contributed by atoms with Gasteiger partial charge in [-0.25, -0.2) is 0 Å². The molecule has 1 amide bonds. The van der Waals surface area contributed by atoms with Crippen LogP contribution in [0.15, 0.2) is 42.6 Å². The average molecular weight is 345 g/mol. The Balaban J connectivity index is 1.67. The number of H-pyrrole nitrogens is 1. The van der Waals surface area contributed by atoms with Crippen molar-refractivity contribution < 1.29 is 14.6 Å². The Morgan fingerprint density at radius 3 is 2.88 bits per heavy atom. The highest BCUT2D eigenvalue weighted by Crippen LogP contribution is 2.24. The van der Waals surface area contributed by atoms with Crippen molar-refractivity contribution in [3.8, 4) is 11.5 Å². The number of rotatable bonds is 5. The van der Waals surface area contributed by atoms with E-state index in [4.69, 9.17) is 16.3 Å². The van der Waals surface area contributed by atoms with Crippen LogP contribution in [0.25, 0.3) is 10.9 Å². The smallest absolute Gasteiger partial charge is 0.255 e. The van der Waals surface area contributed by atoms with E-state index < -0.39 is 0 Å².